The number of hydrogen-bond acceptors (Lipinski definition) is 4. The Morgan fingerprint density at radius 3 is 2.53 bits per heavy atom. The predicted octanol–water partition coefficient (Wildman–Crippen LogP) is 2.36. The zero-order valence-electron chi connectivity index (χ0n) is 11.5. The molecule has 1 N–H and O–H groups in total. The Balaban J connectivity index is 1.89. The van der Waals surface area contributed by atoms with Crippen LogP contribution in [0.25, 0.3) is 0 Å². The molecule has 1 aliphatic rings. The van der Waals surface area contributed by atoms with Gasteiger partial charge in [-0.2, -0.15) is 5.26 Å². The van der Waals surface area contributed by atoms with Crippen LogP contribution in [0.15, 0.2) is 24.3 Å². The number of nitrogens with one attached hydrogen (secondary N) is 1. The van der Waals surface area contributed by atoms with Crippen LogP contribution < -0.4 is 5.32 Å². The van der Waals surface area contributed by atoms with Crippen LogP contribution in [-0.4, -0.2) is 25.5 Å². The Kier molecular flexibility index (Phi) is 4.54. The number of benzene rings is 1. The smallest absolute Gasteiger partial charge is 0.177 e. The molecule has 1 fully saturated rings. The van der Waals surface area contributed by atoms with Crippen molar-refractivity contribution in [1.82, 2.24) is 5.32 Å². The summed E-state index contributed by atoms with van der Waals surface area (Å²) in [5, 5.41) is 12.2. The summed E-state index contributed by atoms with van der Waals surface area (Å²) in [6.45, 7) is 6.21. The Bertz CT molecular complexity index is 444. The Labute approximate surface area is 114 Å². The van der Waals surface area contributed by atoms with E-state index in [1.807, 2.05) is 31.2 Å². The first-order valence-corrected chi connectivity index (χ1v) is 6.64. The van der Waals surface area contributed by atoms with Gasteiger partial charge in [-0.05, 0) is 38.0 Å². The summed E-state index contributed by atoms with van der Waals surface area (Å²) in [5.74, 6) is -0.529. The lowest BCUT2D eigenvalue weighted by Crippen LogP contribution is -2.46. The first-order valence-electron chi connectivity index (χ1n) is 6.64. The van der Waals surface area contributed by atoms with Gasteiger partial charge in [0.2, 0.25) is 0 Å². The topological polar surface area (TPSA) is 54.3 Å². The maximum Gasteiger partial charge on any atom is 0.177 e. The largest absolute Gasteiger partial charge is 0.349 e. The number of hydrogen-bond donors (Lipinski definition) is 1. The van der Waals surface area contributed by atoms with E-state index in [1.54, 1.807) is 0 Å². The van der Waals surface area contributed by atoms with Gasteiger partial charge in [0.05, 0.1) is 24.8 Å². The average molecular weight is 260 g/mol. The molecule has 1 aromatic carbocycles. The van der Waals surface area contributed by atoms with Crippen LogP contribution in [0.5, 0.6) is 0 Å². The molecule has 0 aromatic heterocycles. The molecule has 0 spiro atoms. The van der Waals surface area contributed by atoms with Crippen molar-refractivity contribution in [2.75, 3.05) is 19.8 Å². The fourth-order valence-corrected chi connectivity index (χ4v) is 2.08. The molecule has 102 valence electrons. The third-order valence-corrected chi connectivity index (χ3v) is 3.37. The highest BCUT2D eigenvalue weighted by atomic mass is 16.7. The van der Waals surface area contributed by atoms with Crippen molar-refractivity contribution in [3.63, 3.8) is 0 Å². The molecule has 0 unspecified atom stereocenters. The van der Waals surface area contributed by atoms with E-state index >= 15 is 0 Å². The van der Waals surface area contributed by atoms with E-state index in [0.29, 0.717) is 12.1 Å². The summed E-state index contributed by atoms with van der Waals surface area (Å²) in [7, 11) is 0. The molecule has 0 aliphatic carbocycles. The fourth-order valence-electron chi connectivity index (χ4n) is 2.08. The third kappa shape index (κ3) is 3.77. The molecular weight excluding hydrogens is 240 g/mol. The lowest BCUT2D eigenvalue weighted by molar-refractivity contribution is -0.252. The van der Waals surface area contributed by atoms with E-state index in [9.17, 15) is 0 Å². The minimum atomic E-state index is -0.529. The number of ether oxygens (including phenoxy) is 2. The van der Waals surface area contributed by atoms with Crippen LogP contribution in [0.2, 0.25) is 0 Å². The average Bonchev–Trinajstić information content (AvgIpc) is 2.46. The molecule has 4 heteroatoms. The summed E-state index contributed by atoms with van der Waals surface area (Å²) in [4.78, 5) is 0. The molecule has 0 bridgehead atoms. The van der Waals surface area contributed by atoms with Gasteiger partial charge in [0.25, 0.3) is 0 Å². The van der Waals surface area contributed by atoms with Gasteiger partial charge in [-0.25, -0.2) is 0 Å². The van der Waals surface area contributed by atoms with Gasteiger partial charge in [0.1, 0.15) is 0 Å². The Hall–Kier alpha value is -1.41. The highest BCUT2D eigenvalue weighted by molar-refractivity contribution is 5.32. The van der Waals surface area contributed by atoms with Gasteiger partial charge >= 0.3 is 0 Å². The number of rotatable bonds is 4. The maximum atomic E-state index is 8.78. The Morgan fingerprint density at radius 1 is 1.32 bits per heavy atom. The molecule has 4 nitrogen and oxygen atoms in total. The summed E-state index contributed by atoms with van der Waals surface area (Å²) >= 11 is 0. The third-order valence-electron chi connectivity index (χ3n) is 3.37. The highest BCUT2D eigenvalue weighted by Gasteiger charge is 2.29. The normalized spacial score (nSPS) is 19.6. The highest BCUT2D eigenvalue weighted by Crippen LogP contribution is 2.19. The number of nitrogens with zero attached hydrogens (tertiary/aromatic N) is 1. The second kappa shape index (κ2) is 6.16. The van der Waals surface area contributed by atoms with Crippen molar-refractivity contribution in [3.05, 3.63) is 35.4 Å². The van der Waals surface area contributed by atoms with Crippen LogP contribution in [0.4, 0.5) is 0 Å². The van der Waals surface area contributed by atoms with Crippen LogP contribution in [0.1, 0.15) is 37.4 Å². The molecule has 19 heavy (non-hydrogen) atoms. The lowest BCUT2D eigenvalue weighted by atomic mass is 10.1. The van der Waals surface area contributed by atoms with E-state index in [-0.39, 0.29) is 6.04 Å². The zero-order valence-corrected chi connectivity index (χ0v) is 11.5. The van der Waals surface area contributed by atoms with Crippen LogP contribution in [0, 0.1) is 11.3 Å². The minimum Gasteiger partial charge on any atom is -0.349 e. The van der Waals surface area contributed by atoms with Gasteiger partial charge in [0.15, 0.2) is 5.79 Å². The molecule has 1 aliphatic heterocycles. The molecule has 1 heterocycles. The monoisotopic (exact) mass is 260 g/mol. The van der Waals surface area contributed by atoms with E-state index in [0.717, 1.165) is 25.2 Å². The van der Waals surface area contributed by atoms with E-state index < -0.39 is 5.79 Å². The zero-order chi connectivity index (χ0) is 13.7. The van der Waals surface area contributed by atoms with Crippen molar-refractivity contribution in [2.24, 2.45) is 0 Å². The van der Waals surface area contributed by atoms with Crippen LogP contribution in [-0.2, 0) is 9.47 Å². The van der Waals surface area contributed by atoms with Gasteiger partial charge in [-0.3, -0.25) is 0 Å². The molecular formula is C15H20N2O2. The fraction of sp³-hybridized carbons (Fsp3) is 0.533. The SMILES string of the molecule is C[C@@H](NCC1(C)OCCCO1)c1ccc(C#N)cc1. The maximum absolute atomic E-state index is 8.78. The number of nitriles is 1. The van der Waals surface area contributed by atoms with Crippen molar-refractivity contribution < 1.29 is 9.47 Å². The first-order chi connectivity index (χ1) is 9.13. The minimum absolute atomic E-state index is 0.193. The second-order valence-corrected chi connectivity index (χ2v) is 5.02. The standard InChI is InChI=1S/C15H20N2O2/c1-12(14-6-4-13(10-16)5-7-14)17-11-15(2)18-8-3-9-19-15/h4-7,12,17H,3,8-9,11H2,1-2H3/t12-/m1/s1. The molecule has 0 radical (unpaired) electrons. The van der Waals surface area contributed by atoms with E-state index in [4.69, 9.17) is 14.7 Å². The van der Waals surface area contributed by atoms with Crippen LogP contribution in [0.3, 0.4) is 0 Å². The first kappa shape index (κ1) is 14.0. The molecule has 1 atom stereocenters. The van der Waals surface area contributed by atoms with Crippen molar-refractivity contribution in [1.29, 1.82) is 5.26 Å². The quantitative estimate of drug-likeness (QED) is 0.903. The van der Waals surface area contributed by atoms with Gasteiger partial charge < -0.3 is 14.8 Å². The van der Waals surface area contributed by atoms with Crippen molar-refractivity contribution in [3.8, 4) is 6.07 Å². The van der Waals surface area contributed by atoms with Gasteiger partial charge in [0, 0.05) is 12.6 Å². The Morgan fingerprint density at radius 2 is 1.95 bits per heavy atom. The van der Waals surface area contributed by atoms with E-state index in [2.05, 4.69) is 18.3 Å². The van der Waals surface area contributed by atoms with Crippen molar-refractivity contribution >= 4 is 0 Å². The summed E-state index contributed by atoms with van der Waals surface area (Å²) < 4.78 is 11.3. The molecule has 1 aromatic rings. The predicted molar refractivity (Wildman–Crippen MR) is 72.5 cm³/mol. The molecule has 0 saturated carbocycles. The summed E-state index contributed by atoms with van der Waals surface area (Å²) in [5.41, 5.74) is 1.83. The molecule has 0 amide bonds. The summed E-state index contributed by atoms with van der Waals surface area (Å²) in [6, 6.07) is 9.93. The molecule has 1 saturated heterocycles. The van der Waals surface area contributed by atoms with Gasteiger partial charge in [-0.15, -0.1) is 0 Å². The summed E-state index contributed by atoms with van der Waals surface area (Å²) in [6.07, 6.45) is 0.959. The van der Waals surface area contributed by atoms with Crippen molar-refractivity contribution in [2.45, 2.75) is 32.1 Å². The molecule has 2 rings (SSSR count). The lowest BCUT2D eigenvalue weighted by Gasteiger charge is -2.35. The second-order valence-electron chi connectivity index (χ2n) is 5.02. The van der Waals surface area contributed by atoms with Gasteiger partial charge in [-0.1, -0.05) is 12.1 Å². The van der Waals surface area contributed by atoms with E-state index in [1.165, 1.54) is 0 Å². The van der Waals surface area contributed by atoms with Crippen LogP contribution >= 0.6 is 0 Å².